The number of rotatable bonds is 5. The number of nitrogens with zero attached hydrogens (tertiary/aromatic N) is 1. The van der Waals surface area contributed by atoms with Crippen molar-refractivity contribution < 1.29 is 13.2 Å². The predicted molar refractivity (Wildman–Crippen MR) is 106 cm³/mol. The summed E-state index contributed by atoms with van der Waals surface area (Å²) in [6, 6.07) is 12.2. The third kappa shape index (κ3) is 4.61. The Balaban J connectivity index is 2.02. The van der Waals surface area contributed by atoms with Gasteiger partial charge in [0.05, 0.1) is 4.90 Å². The van der Waals surface area contributed by atoms with Gasteiger partial charge in [-0.05, 0) is 61.2 Å². The average Bonchev–Trinajstić information content (AvgIpc) is 2.84. The Morgan fingerprint density at radius 1 is 1.15 bits per heavy atom. The van der Waals surface area contributed by atoms with Crippen LogP contribution >= 0.6 is 11.6 Å². The Hall–Kier alpha value is -2.09. The summed E-state index contributed by atoms with van der Waals surface area (Å²) < 4.78 is 28.0. The van der Waals surface area contributed by atoms with Gasteiger partial charge in [0, 0.05) is 23.8 Å². The minimum atomic E-state index is -3.90. The summed E-state index contributed by atoms with van der Waals surface area (Å²) in [6.07, 6.45) is 2.07. The highest BCUT2D eigenvalue weighted by atomic mass is 35.5. The van der Waals surface area contributed by atoms with Gasteiger partial charge in [0.25, 0.3) is 0 Å². The Morgan fingerprint density at radius 3 is 2.59 bits per heavy atom. The fourth-order valence-corrected chi connectivity index (χ4v) is 4.91. The van der Waals surface area contributed by atoms with Crippen LogP contribution in [0, 0.1) is 0 Å². The van der Waals surface area contributed by atoms with Crippen LogP contribution in [0.1, 0.15) is 24.8 Å². The summed E-state index contributed by atoms with van der Waals surface area (Å²) in [4.78, 5) is 12.7. The van der Waals surface area contributed by atoms with Gasteiger partial charge in [-0.25, -0.2) is 8.42 Å². The van der Waals surface area contributed by atoms with Gasteiger partial charge in [-0.1, -0.05) is 23.7 Å². The first-order chi connectivity index (χ1) is 12.9. The van der Waals surface area contributed by atoms with Crippen LogP contribution in [0.4, 0.5) is 5.69 Å². The minimum Gasteiger partial charge on any atom is -0.399 e. The lowest BCUT2D eigenvalue weighted by atomic mass is 10.1. The number of hydrogen-bond acceptors (Lipinski definition) is 4. The van der Waals surface area contributed by atoms with Crippen LogP contribution in [0.3, 0.4) is 0 Å². The molecule has 0 bridgehead atoms. The van der Waals surface area contributed by atoms with E-state index in [2.05, 4.69) is 5.32 Å². The van der Waals surface area contributed by atoms with Crippen LogP contribution in [0.25, 0.3) is 0 Å². The summed E-state index contributed by atoms with van der Waals surface area (Å²) in [5, 5.41) is 3.26. The number of nitrogens with two attached hydrogens (primary N) is 1. The lowest BCUT2D eigenvalue weighted by Gasteiger charge is -2.29. The van der Waals surface area contributed by atoms with Crippen molar-refractivity contribution in [3.8, 4) is 0 Å². The molecule has 8 heteroatoms. The number of hydrogen-bond donors (Lipinski definition) is 2. The number of nitrogens with one attached hydrogen (secondary N) is 1. The second-order valence-corrected chi connectivity index (χ2v) is 8.88. The van der Waals surface area contributed by atoms with Crippen molar-refractivity contribution in [2.45, 2.75) is 36.7 Å². The maximum atomic E-state index is 13.4. The summed E-state index contributed by atoms with van der Waals surface area (Å²) in [6.45, 7) is 0.622. The largest absolute Gasteiger partial charge is 0.399 e. The van der Waals surface area contributed by atoms with Gasteiger partial charge >= 0.3 is 0 Å². The Labute approximate surface area is 164 Å². The zero-order valence-electron chi connectivity index (χ0n) is 14.8. The first kappa shape index (κ1) is 19.7. The summed E-state index contributed by atoms with van der Waals surface area (Å²) in [5.74, 6) is -0.269. The van der Waals surface area contributed by atoms with Crippen molar-refractivity contribution in [3.63, 3.8) is 0 Å². The van der Waals surface area contributed by atoms with Crippen LogP contribution in [-0.2, 0) is 21.4 Å². The van der Waals surface area contributed by atoms with Gasteiger partial charge in [-0.15, -0.1) is 0 Å². The summed E-state index contributed by atoms with van der Waals surface area (Å²) in [7, 11) is -3.90. The Kier molecular flexibility index (Phi) is 6.04. The van der Waals surface area contributed by atoms with Gasteiger partial charge in [0.2, 0.25) is 15.9 Å². The molecule has 2 aromatic carbocycles. The van der Waals surface area contributed by atoms with Crippen molar-refractivity contribution in [1.29, 1.82) is 0 Å². The maximum absolute atomic E-state index is 13.4. The van der Waals surface area contributed by atoms with Crippen molar-refractivity contribution in [2.24, 2.45) is 0 Å². The van der Waals surface area contributed by atoms with Gasteiger partial charge in [-0.2, -0.15) is 4.31 Å². The molecule has 3 N–H and O–H groups in total. The zero-order valence-corrected chi connectivity index (χ0v) is 16.3. The van der Waals surface area contributed by atoms with Crippen molar-refractivity contribution in [2.75, 3.05) is 12.3 Å². The molecule has 1 aliphatic rings. The molecule has 1 fully saturated rings. The number of carbonyl (C=O) groups is 1. The summed E-state index contributed by atoms with van der Waals surface area (Å²) in [5.41, 5.74) is 7.11. The fraction of sp³-hybridized carbons (Fsp3) is 0.316. The number of sulfonamides is 1. The number of benzene rings is 2. The zero-order chi connectivity index (χ0) is 19.4. The molecule has 144 valence electrons. The lowest BCUT2D eigenvalue weighted by Crippen LogP contribution is -2.48. The minimum absolute atomic E-state index is 0.0636. The van der Waals surface area contributed by atoms with Crippen LogP contribution in [0.2, 0.25) is 5.02 Å². The first-order valence-electron chi connectivity index (χ1n) is 8.77. The van der Waals surface area contributed by atoms with E-state index in [-0.39, 0.29) is 17.3 Å². The second kappa shape index (κ2) is 8.29. The average molecular weight is 408 g/mol. The van der Waals surface area contributed by atoms with Crippen LogP contribution in [0.5, 0.6) is 0 Å². The smallest absolute Gasteiger partial charge is 0.244 e. The highest BCUT2D eigenvalue weighted by Crippen LogP contribution is 2.26. The SMILES string of the molecule is Nc1cccc(CN(C2CCCCNC2=O)S(=O)(=O)c2ccc(Cl)cc2)c1. The molecule has 0 aromatic heterocycles. The molecule has 1 amide bonds. The number of anilines is 1. The predicted octanol–water partition coefficient (Wildman–Crippen LogP) is 2.78. The quantitative estimate of drug-likeness (QED) is 0.745. The molecule has 0 aliphatic carbocycles. The fourth-order valence-electron chi connectivity index (χ4n) is 3.17. The normalized spacial score (nSPS) is 18.1. The van der Waals surface area contributed by atoms with E-state index in [1.165, 1.54) is 28.6 Å². The molecule has 3 rings (SSSR count). The van der Waals surface area contributed by atoms with E-state index in [1.54, 1.807) is 24.3 Å². The number of carbonyl (C=O) groups excluding carboxylic acids is 1. The molecule has 1 unspecified atom stereocenters. The van der Waals surface area contributed by atoms with Gasteiger partial charge < -0.3 is 11.1 Å². The Bertz CT molecular complexity index is 916. The number of amides is 1. The third-order valence-corrected chi connectivity index (χ3v) is 6.68. The molecular formula is C19H22ClN3O3S. The highest BCUT2D eigenvalue weighted by molar-refractivity contribution is 7.89. The van der Waals surface area contributed by atoms with E-state index in [0.717, 1.165) is 18.4 Å². The van der Waals surface area contributed by atoms with Crippen molar-refractivity contribution >= 4 is 33.2 Å². The van der Waals surface area contributed by atoms with Crippen molar-refractivity contribution in [3.05, 3.63) is 59.1 Å². The van der Waals surface area contributed by atoms with E-state index in [9.17, 15) is 13.2 Å². The molecule has 1 heterocycles. The molecule has 1 saturated heterocycles. The molecular weight excluding hydrogens is 386 g/mol. The third-order valence-electron chi connectivity index (χ3n) is 4.56. The first-order valence-corrected chi connectivity index (χ1v) is 10.6. The van der Waals surface area contributed by atoms with Gasteiger partial charge in [0.1, 0.15) is 6.04 Å². The van der Waals surface area contributed by atoms with E-state index in [1.807, 2.05) is 0 Å². The molecule has 1 atom stereocenters. The monoisotopic (exact) mass is 407 g/mol. The molecule has 0 spiro atoms. The van der Waals surface area contributed by atoms with Crippen LogP contribution in [-0.4, -0.2) is 31.2 Å². The molecule has 0 radical (unpaired) electrons. The Morgan fingerprint density at radius 2 is 1.89 bits per heavy atom. The van der Waals surface area contributed by atoms with E-state index >= 15 is 0 Å². The van der Waals surface area contributed by atoms with E-state index in [0.29, 0.717) is 23.7 Å². The number of nitrogen functional groups attached to an aromatic ring is 1. The molecule has 0 saturated carbocycles. The topological polar surface area (TPSA) is 92.5 Å². The molecule has 1 aliphatic heterocycles. The highest BCUT2D eigenvalue weighted by Gasteiger charge is 2.36. The molecule has 27 heavy (non-hydrogen) atoms. The molecule has 6 nitrogen and oxygen atoms in total. The molecule has 2 aromatic rings. The van der Waals surface area contributed by atoms with E-state index < -0.39 is 16.1 Å². The summed E-state index contributed by atoms with van der Waals surface area (Å²) >= 11 is 5.90. The van der Waals surface area contributed by atoms with Crippen LogP contribution < -0.4 is 11.1 Å². The van der Waals surface area contributed by atoms with Gasteiger partial charge in [-0.3, -0.25) is 4.79 Å². The lowest BCUT2D eigenvalue weighted by molar-refractivity contribution is -0.124. The number of halogens is 1. The maximum Gasteiger partial charge on any atom is 0.244 e. The van der Waals surface area contributed by atoms with Crippen molar-refractivity contribution in [1.82, 2.24) is 9.62 Å². The van der Waals surface area contributed by atoms with Gasteiger partial charge in [0.15, 0.2) is 0 Å². The van der Waals surface area contributed by atoms with Crippen LogP contribution in [0.15, 0.2) is 53.4 Å². The standard InChI is InChI=1S/C19H22ClN3O3S/c20-15-7-9-17(10-8-15)27(25,26)23(13-14-4-3-5-16(21)12-14)18-6-1-2-11-22-19(18)24/h3-5,7-10,12,18H,1-2,6,11,13,21H2,(H,22,24). The second-order valence-electron chi connectivity index (χ2n) is 6.55. The van der Waals surface area contributed by atoms with E-state index in [4.69, 9.17) is 17.3 Å².